The van der Waals surface area contributed by atoms with Crippen molar-refractivity contribution in [1.29, 1.82) is 0 Å². The lowest BCUT2D eigenvalue weighted by Crippen LogP contribution is -2.19. The minimum absolute atomic E-state index is 0.246. The van der Waals surface area contributed by atoms with Gasteiger partial charge in [0.1, 0.15) is 0 Å². The topological polar surface area (TPSA) is 43.4 Å². The lowest BCUT2D eigenvalue weighted by atomic mass is 9.93. The lowest BCUT2D eigenvalue weighted by Gasteiger charge is -2.11. The van der Waals surface area contributed by atoms with Crippen LogP contribution in [0.15, 0.2) is 0 Å². The number of carbonyl (C=O) groups excluding carboxylic acids is 2. The van der Waals surface area contributed by atoms with Gasteiger partial charge >= 0.3 is 5.97 Å². The average molecular weight is 252 g/mol. The van der Waals surface area contributed by atoms with E-state index >= 15 is 0 Å². The molecule has 1 aromatic rings. The van der Waals surface area contributed by atoms with Crippen molar-refractivity contribution in [3.05, 3.63) is 20.9 Å². The summed E-state index contributed by atoms with van der Waals surface area (Å²) in [5, 5.41) is 0. The fraction of sp³-hybridized carbons (Fsp3) is 0.538. The molecule has 1 aliphatic rings. The molecule has 1 aromatic heterocycles. The minimum Gasteiger partial charge on any atom is -0.460 e. The summed E-state index contributed by atoms with van der Waals surface area (Å²) in [5.74, 6) is -1.19. The van der Waals surface area contributed by atoms with Gasteiger partial charge in [-0.15, -0.1) is 11.3 Å². The first-order valence-corrected chi connectivity index (χ1v) is 6.79. The van der Waals surface area contributed by atoms with Gasteiger partial charge in [0.05, 0.1) is 6.61 Å². The van der Waals surface area contributed by atoms with Crippen LogP contribution in [-0.4, -0.2) is 18.4 Å². The highest BCUT2D eigenvalue weighted by atomic mass is 32.1. The molecule has 0 saturated carbocycles. The standard InChI is InChI=1S/C13H16O3S/c1-3-16-13(15)12(14)11-8(2)17-10-7-5-4-6-9(10)11/h3-7H2,1-2H3. The number of aryl methyl sites for hydroxylation is 2. The molecule has 0 aromatic carbocycles. The summed E-state index contributed by atoms with van der Waals surface area (Å²) in [7, 11) is 0. The number of ketones is 1. The third-order valence-corrected chi connectivity index (χ3v) is 4.24. The van der Waals surface area contributed by atoms with Gasteiger partial charge in [-0.05, 0) is 45.1 Å². The van der Waals surface area contributed by atoms with Crippen LogP contribution in [0.1, 0.15) is 45.4 Å². The average Bonchev–Trinajstić information content (AvgIpc) is 2.64. The van der Waals surface area contributed by atoms with Gasteiger partial charge in [0.25, 0.3) is 5.78 Å². The monoisotopic (exact) mass is 252 g/mol. The second kappa shape index (κ2) is 5.00. The maximum Gasteiger partial charge on any atom is 0.379 e. The highest BCUT2D eigenvalue weighted by Crippen LogP contribution is 2.34. The first kappa shape index (κ1) is 12.3. The largest absolute Gasteiger partial charge is 0.460 e. The van der Waals surface area contributed by atoms with Crippen molar-refractivity contribution in [2.24, 2.45) is 0 Å². The van der Waals surface area contributed by atoms with E-state index < -0.39 is 11.8 Å². The van der Waals surface area contributed by atoms with Crippen molar-refractivity contribution in [2.75, 3.05) is 6.61 Å². The second-order valence-electron chi connectivity index (χ2n) is 4.19. The Morgan fingerprint density at radius 2 is 2.00 bits per heavy atom. The SMILES string of the molecule is CCOC(=O)C(=O)c1c(C)sc2c1CCCC2. The Hall–Kier alpha value is -1.16. The van der Waals surface area contributed by atoms with Crippen molar-refractivity contribution in [2.45, 2.75) is 39.5 Å². The molecule has 0 bridgehead atoms. The van der Waals surface area contributed by atoms with Crippen molar-refractivity contribution in [3.63, 3.8) is 0 Å². The molecule has 0 amide bonds. The number of thiophene rings is 1. The number of esters is 1. The maximum atomic E-state index is 12.0. The number of rotatable bonds is 3. The zero-order valence-electron chi connectivity index (χ0n) is 10.2. The minimum atomic E-state index is -0.721. The molecule has 0 N–H and O–H groups in total. The Morgan fingerprint density at radius 3 is 2.71 bits per heavy atom. The van der Waals surface area contributed by atoms with E-state index in [1.165, 1.54) is 11.3 Å². The number of hydrogen-bond donors (Lipinski definition) is 0. The van der Waals surface area contributed by atoms with Crippen LogP contribution >= 0.6 is 11.3 Å². The van der Waals surface area contributed by atoms with Crippen molar-refractivity contribution >= 4 is 23.1 Å². The van der Waals surface area contributed by atoms with E-state index in [0.29, 0.717) is 5.56 Å². The molecule has 1 heterocycles. The first-order chi connectivity index (χ1) is 8.15. The van der Waals surface area contributed by atoms with Gasteiger partial charge in [0.15, 0.2) is 0 Å². The zero-order chi connectivity index (χ0) is 12.4. The van der Waals surface area contributed by atoms with Crippen LogP contribution in [-0.2, 0) is 22.4 Å². The van der Waals surface area contributed by atoms with Crippen LogP contribution < -0.4 is 0 Å². The Morgan fingerprint density at radius 1 is 1.29 bits per heavy atom. The molecule has 0 radical (unpaired) electrons. The van der Waals surface area contributed by atoms with E-state index in [1.807, 2.05) is 6.92 Å². The maximum absolute atomic E-state index is 12.0. The molecule has 17 heavy (non-hydrogen) atoms. The Labute approximate surface area is 105 Å². The van der Waals surface area contributed by atoms with Crippen LogP contribution in [0.5, 0.6) is 0 Å². The van der Waals surface area contributed by atoms with Crippen LogP contribution in [0, 0.1) is 6.92 Å². The van der Waals surface area contributed by atoms with Gasteiger partial charge in [-0.25, -0.2) is 4.79 Å². The van der Waals surface area contributed by atoms with E-state index in [-0.39, 0.29) is 6.61 Å². The normalized spacial score (nSPS) is 14.2. The molecule has 0 aliphatic heterocycles. The Kier molecular flexibility index (Phi) is 3.62. The van der Waals surface area contributed by atoms with Crippen LogP contribution in [0.4, 0.5) is 0 Å². The summed E-state index contributed by atoms with van der Waals surface area (Å²) in [4.78, 5) is 25.8. The summed E-state index contributed by atoms with van der Waals surface area (Å²) >= 11 is 1.65. The molecule has 0 fully saturated rings. The Balaban J connectivity index is 2.35. The first-order valence-electron chi connectivity index (χ1n) is 5.97. The number of ether oxygens (including phenoxy) is 1. The van der Waals surface area contributed by atoms with Gasteiger partial charge in [-0.1, -0.05) is 0 Å². The smallest absolute Gasteiger partial charge is 0.379 e. The molecule has 2 rings (SSSR count). The van der Waals surface area contributed by atoms with Gasteiger partial charge in [-0.3, -0.25) is 4.79 Å². The molecule has 0 atom stereocenters. The fourth-order valence-corrected chi connectivity index (χ4v) is 3.56. The van der Waals surface area contributed by atoms with Crippen molar-refractivity contribution in [3.8, 4) is 0 Å². The van der Waals surface area contributed by atoms with Gasteiger partial charge in [0, 0.05) is 15.3 Å². The summed E-state index contributed by atoms with van der Waals surface area (Å²) in [6, 6.07) is 0. The molecule has 0 spiro atoms. The molecule has 1 aliphatic carbocycles. The van der Waals surface area contributed by atoms with Gasteiger partial charge in [0.2, 0.25) is 0 Å². The number of carbonyl (C=O) groups is 2. The van der Waals surface area contributed by atoms with Crippen molar-refractivity contribution < 1.29 is 14.3 Å². The van der Waals surface area contributed by atoms with E-state index in [2.05, 4.69) is 0 Å². The molecular weight excluding hydrogens is 236 g/mol. The van der Waals surface area contributed by atoms with Gasteiger partial charge in [-0.2, -0.15) is 0 Å². The summed E-state index contributed by atoms with van der Waals surface area (Å²) in [6.07, 6.45) is 4.24. The van der Waals surface area contributed by atoms with E-state index in [4.69, 9.17) is 4.74 Å². The fourth-order valence-electron chi connectivity index (χ4n) is 2.30. The molecule has 0 saturated heterocycles. The highest BCUT2D eigenvalue weighted by Gasteiger charge is 2.27. The number of hydrogen-bond acceptors (Lipinski definition) is 4. The summed E-state index contributed by atoms with van der Waals surface area (Å²) in [5.41, 5.74) is 1.71. The molecule has 4 heteroatoms. The zero-order valence-corrected chi connectivity index (χ0v) is 11.0. The van der Waals surface area contributed by atoms with Crippen LogP contribution in [0.3, 0.4) is 0 Å². The lowest BCUT2D eigenvalue weighted by molar-refractivity contribution is -0.137. The predicted octanol–water partition coefficient (Wildman–Crippen LogP) is 2.68. The Bertz CT molecular complexity index is 459. The van der Waals surface area contributed by atoms with E-state index in [1.54, 1.807) is 18.3 Å². The summed E-state index contributed by atoms with van der Waals surface area (Å²) in [6.45, 7) is 3.87. The molecule has 0 unspecified atom stereocenters. The molecule has 92 valence electrons. The van der Waals surface area contributed by atoms with Crippen LogP contribution in [0.2, 0.25) is 0 Å². The number of fused-ring (bicyclic) bond motifs is 1. The van der Waals surface area contributed by atoms with Crippen LogP contribution in [0.25, 0.3) is 0 Å². The number of Topliss-reactive ketones (excluding diaryl/α,β-unsaturated/α-hetero) is 1. The predicted molar refractivity (Wildman–Crippen MR) is 66.7 cm³/mol. The van der Waals surface area contributed by atoms with Crippen molar-refractivity contribution in [1.82, 2.24) is 0 Å². The third-order valence-electron chi connectivity index (χ3n) is 3.04. The molecular formula is C13H16O3S. The highest BCUT2D eigenvalue weighted by molar-refractivity contribution is 7.12. The van der Waals surface area contributed by atoms with Gasteiger partial charge < -0.3 is 4.74 Å². The molecule has 3 nitrogen and oxygen atoms in total. The second-order valence-corrected chi connectivity index (χ2v) is 5.50. The summed E-state index contributed by atoms with van der Waals surface area (Å²) < 4.78 is 4.79. The van der Waals surface area contributed by atoms with E-state index in [0.717, 1.165) is 29.7 Å². The van der Waals surface area contributed by atoms with E-state index in [9.17, 15) is 9.59 Å². The third kappa shape index (κ3) is 2.27. The quantitative estimate of drug-likeness (QED) is 0.472.